The molecule has 1 rings (SSSR count). The molecule has 1 atom stereocenters. The monoisotopic (exact) mass is 360 g/mol. The number of hydrogen-bond donors (Lipinski definition) is 2. The molecule has 0 saturated carbocycles. The zero-order chi connectivity index (χ0) is 15.1. The van der Waals surface area contributed by atoms with Crippen LogP contribution in [0.2, 0.25) is 0 Å². The summed E-state index contributed by atoms with van der Waals surface area (Å²) in [6.45, 7) is 1.97. The first kappa shape index (κ1) is 17.0. The second-order valence-electron chi connectivity index (χ2n) is 4.18. The van der Waals surface area contributed by atoms with Gasteiger partial charge < -0.3 is 15.8 Å². The molecule has 0 radical (unpaired) electrons. The highest BCUT2D eigenvalue weighted by molar-refractivity contribution is 9.10. The molecule has 1 aromatic carbocycles. The number of amides is 1. The Kier molecular flexibility index (Phi) is 7.04. The van der Waals surface area contributed by atoms with E-state index in [-0.39, 0.29) is 11.7 Å². The summed E-state index contributed by atoms with van der Waals surface area (Å²) in [7, 11) is 1.29. The quantitative estimate of drug-likeness (QED) is 0.757. The van der Waals surface area contributed by atoms with Gasteiger partial charge in [-0.05, 0) is 40.5 Å². The molecular formula is C13H17BrN2O3S. The van der Waals surface area contributed by atoms with Gasteiger partial charge in [-0.3, -0.25) is 9.59 Å². The molecule has 0 bridgehead atoms. The van der Waals surface area contributed by atoms with Crippen molar-refractivity contribution in [1.82, 2.24) is 0 Å². The Labute approximate surface area is 130 Å². The normalized spacial score (nSPS) is 11.8. The van der Waals surface area contributed by atoms with E-state index in [0.29, 0.717) is 5.75 Å². The van der Waals surface area contributed by atoms with Gasteiger partial charge in [0, 0.05) is 10.2 Å². The van der Waals surface area contributed by atoms with Crippen molar-refractivity contribution in [3.05, 3.63) is 28.2 Å². The molecule has 110 valence electrons. The van der Waals surface area contributed by atoms with Gasteiger partial charge in [0.15, 0.2) is 0 Å². The van der Waals surface area contributed by atoms with Gasteiger partial charge in [-0.2, -0.15) is 0 Å². The first-order valence-electron chi connectivity index (χ1n) is 5.91. The van der Waals surface area contributed by atoms with Gasteiger partial charge in [0.1, 0.15) is 6.04 Å². The molecule has 1 unspecified atom stereocenters. The Morgan fingerprint density at radius 1 is 1.50 bits per heavy atom. The van der Waals surface area contributed by atoms with Crippen LogP contribution >= 0.6 is 27.7 Å². The molecule has 3 N–H and O–H groups in total. The van der Waals surface area contributed by atoms with Crippen LogP contribution in [-0.2, 0) is 14.3 Å². The predicted octanol–water partition coefficient (Wildman–Crippen LogP) is 1.93. The van der Waals surface area contributed by atoms with Crippen LogP contribution in [0, 0.1) is 6.92 Å². The molecule has 0 heterocycles. The lowest BCUT2D eigenvalue weighted by atomic mass is 10.2. The number of rotatable bonds is 6. The number of esters is 1. The van der Waals surface area contributed by atoms with E-state index in [1.165, 1.54) is 18.9 Å². The average molecular weight is 361 g/mol. The van der Waals surface area contributed by atoms with Crippen molar-refractivity contribution in [3.8, 4) is 0 Å². The topological polar surface area (TPSA) is 81.4 Å². The highest BCUT2D eigenvalue weighted by Gasteiger charge is 2.14. The molecule has 0 aromatic heterocycles. The Morgan fingerprint density at radius 2 is 2.20 bits per heavy atom. The Balaban J connectivity index is 2.39. The molecule has 0 aliphatic rings. The minimum absolute atomic E-state index is 0.142. The van der Waals surface area contributed by atoms with Gasteiger partial charge in [0.25, 0.3) is 0 Å². The Hall–Kier alpha value is -1.05. The van der Waals surface area contributed by atoms with Gasteiger partial charge in [0.05, 0.1) is 18.6 Å². The largest absolute Gasteiger partial charge is 0.468 e. The van der Waals surface area contributed by atoms with Crippen LogP contribution in [0.3, 0.4) is 0 Å². The van der Waals surface area contributed by atoms with E-state index in [0.717, 1.165) is 15.7 Å². The van der Waals surface area contributed by atoms with Crippen LogP contribution in [0.4, 0.5) is 5.69 Å². The van der Waals surface area contributed by atoms with Crippen LogP contribution in [-0.4, -0.2) is 36.5 Å². The number of halogens is 1. The van der Waals surface area contributed by atoms with Crippen LogP contribution in [0.5, 0.6) is 0 Å². The molecule has 0 aliphatic heterocycles. The van der Waals surface area contributed by atoms with Gasteiger partial charge in [0.2, 0.25) is 5.91 Å². The number of benzene rings is 1. The summed E-state index contributed by atoms with van der Waals surface area (Å²) < 4.78 is 5.34. The molecule has 0 fully saturated rings. The van der Waals surface area contributed by atoms with E-state index in [2.05, 4.69) is 26.0 Å². The van der Waals surface area contributed by atoms with Crippen molar-refractivity contribution >= 4 is 45.3 Å². The predicted molar refractivity (Wildman–Crippen MR) is 84.8 cm³/mol. The number of hydrogen-bond acceptors (Lipinski definition) is 5. The number of nitrogens with two attached hydrogens (primary N) is 1. The summed E-state index contributed by atoms with van der Waals surface area (Å²) in [6, 6.07) is 4.97. The molecule has 5 nitrogen and oxygen atoms in total. The van der Waals surface area contributed by atoms with Crippen LogP contribution in [0.1, 0.15) is 5.56 Å². The number of carbonyl (C=O) groups is 2. The lowest BCUT2D eigenvalue weighted by Gasteiger charge is -2.10. The third-order valence-corrected chi connectivity index (χ3v) is 4.15. The van der Waals surface area contributed by atoms with Crippen LogP contribution < -0.4 is 11.1 Å². The lowest BCUT2D eigenvalue weighted by Crippen LogP contribution is -2.34. The molecule has 7 heteroatoms. The maximum absolute atomic E-state index is 11.8. The number of anilines is 1. The summed E-state index contributed by atoms with van der Waals surface area (Å²) in [6.07, 6.45) is 0. The number of nitrogens with one attached hydrogen (secondary N) is 1. The molecular weight excluding hydrogens is 344 g/mol. The summed E-state index contributed by atoms with van der Waals surface area (Å²) >= 11 is 4.68. The van der Waals surface area contributed by atoms with Gasteiger partial charge in [-0.25, -0.2) is 0 Å². The van der Waals surface area contributed by atoms with Gasteiger partial charge in [-0.15, -0.1) is 11.8 Å². The molecule has 0 spiro atoms. The molecule has 0 aliphatic carbocycles. The summed E-state index contributed by atoms with van der Waals surface area (Å²) in [5.74, 6) is -0.0454. The number of methoxy groups -OCH3 is 1. The molecule has 0 saturated heterocycles. The third kappa shape index (κ3) is 5.52. The summed E-state index contributed by atoms with van der Waals surface area (Å²) in [4.78, 5) is 22.8. The van der Waals surface area contributed by atoms with Crippen molar-refractivity contribution in [2.75, 3.05) is 23.9 Å². The minimum atomic E-state index is -0.705. The van der Waals surface area contributed by atoms with Crippen LogP contribution in [0.15, 0.2) is 22.7 Å². The number of aryl methyl sites for hydroxylation is 1. The highest BCUT2D eigenvalue weighted by atomic mass is 79.9. The van der Waals surface area contributed by atoms with Gasteiger partial charge in [-0.1, -0.05) is 6.07 Å². The Morgan fingerprint density at radius 3 is 2.80 bits per heavy atom. The third-order valence-electron chi connectivity index (χ3n) is 2.43. The van der Waals surface area contributed by atoms with E-state index in [9.17, 15) is 9.59 Å². The summed E-state index contributed by atoms with van der Waals surface area (Å²) in [5.41, 5.74) is 7.40. The van der Waals surface area contributed by atoms with E-state index >= 15 is 0 Å². The second-order valence-corrected chi connectivity index (χ2v) is 6.06. The van der Waals surface area contributed by atoms with Gasteiger partial charge >= 0.3 is 5.97 Å². The van der Waals surface area contributed by atoms with Crippen LogP contribution in [0.25, 0.3) is 0 Å². The number of thioether (sulfide) groups is 1. The zero-order valence-corrected chi connectivity index (χ0v) is 13.7. The SMILES string of the molecule is COC(=O)C(N)CSCC(=O)Nc1ccc(C)cc1Br. The van der Waals surface area contributed by atoms with E-state index in [1.807, 2.05) is 25.1 Å². The van der Waals surface area contributed by atoms with E-state index < -0.39 is 12.0 Å². The standard InChI is InChI=1S/C13H17BrN2O3S/c1-8-3-4-11(9(14)5-8)16-12(17)7-20-6-10(15)13(18)19-2/h3-5,10H,6-7,15H2,1-2H3,(H,16,17). The van der Waals surface area contributed by atoms with Crippen molar-refractivity contribution in [1.29, 1.82) is 0 Å². The molecule has 1 amide bonds. The zero-order valence-electron chi connectivity index (χ0n) is 11.3. The fourth-order valence-corrected chi connectivity index (χ4v) is 2.76. The van der Waals surface area contributed by atoms with E-state index in [1.54, 1.807) is 0 Å². The second kappa shape index (κ2) is 8.28. The van der Waals surface area contributed by atoms with Crippen molar-refractivity contribution < 1.29 is 14.3 Å². The molecule has 20 heavy (non-hydrogen) atoms. The highest BCUT2D eigenvalue weighted by Crippen LogP contribution is 2.23. The lowest BCUT2D eigenvalue weighted by molar-refractivity contribution is -0.141. The van der Waals surface area contributed by atoms with Crippen molar-refractivity contribution in [2.45, 2.75) is 13.0 Å². The maximum Gasteiger partial charge on any atom is 0.323 e. The fraction of sp³-hybridized carbons (Fsp3) is 0.385. The minimum Gasteiger partial charge on any atom is -0.468 e. The summed E-state index contributed by atoms with van der Waals surface area (Å²) in [5, 5.41) is 2.79. The smallest absolute Gasteiger partial charge is 0.323 e. The maximum atomic E-state index is 11.8. The average Bonchev–Trinajstić information content (AvgIpc) is 2.41. The molecule has 1 aromatic rings. The first-order chi connectivity index (χ1) is 9.43. The van der Waals surface area contributed by atoms with Crippen molar-refractivity contribution in [3.63, 3.8) is 0 Å². The van der Waals surface area contributed by atoms with Crippen molar-refractivity contribution in [2.24, 2.45) is 5.73 Å². The fourth-order valence-electron chi connectivity index (χ4n) is 1.41. The number of ether oxygens (including phenoxy) is 1. The Bertz CT molecular complexity index is 497. The first-order valence-corrected chi connectivity index (χ1v) is 7.86. The number of carbonyl (C=O) groups excluding carboxylic acids is 2. The van der Waals surface area contributed by atoms with E-state index in [4.69, 9.17) is 5.73 Å².